The standard InChI is InChI=1S/C12H18BrN3O/c13-9-5-10(14)11(15-6-9)16-7-12(8-17)3-1-2-4-12/h5-6,17H,1-4,7-8,14H2,(H,15,16). The molecule has 0 bridgehead atoms. The van der Waals surface area contributed by atoms with Gasteiger partial charge in [-0.15, -0.1) is 0 Å². The highest BCUT2D eigenvalue weighted by molar-refractivity contribution is 9.10. The molecule has 1 aromatic rings. The van der Waals surface area contributed by atoms with E-state index in [-0.39, 0.29) is 12.0 Å². The maximum Gasteiger partial charge on any atom is 0.149 e. The van der Waals surface area contributed by atoms with Crippen LogP contribution in [0.15, 0.2) is 16.7 Å². The van der Waals surface area contributed by atoms with Crippen LogP contribution in [-0.2, 0) is 0 Å². The number of nitrogens with one attached hydrogen (secondary N) is 1. The second kappa shape index (κ2) is 5.23. The van der Waals surface area contributed by atoms with Crippen molar-refractivity contribution in [1.82, 2.24) is 4.98 Å². The van der Waals surface area contributed by atoms with E-state index in [0.717, 1.165) is 23.9 Å². The number of nitrogens with zero attached hydrogens (tertiary/aromatic N) is 1. The van der Waals surface area contributed by atoms with Crippen LogP contribution >= 0.6 is 15.9 Å². The van der Waals surface area contributed by atoms with Crippen molar-refractivity contribution in [3.05, 3.63) is 16.7 Å². The zero-order chi connectivity index (χ0) is 12.3. The number of rotatable bonds is 4. The third kappa shape index (κ3) is 2.90. The van der Waals surface area contributed by atoms with Crippen LogP contribution in [0.3, 0.4) is 0 Å². The molecule has 1 fully saturated rings. The Balaban J connectivity index is 2.01. The number of nitrogen functional groups attached to an aromatic ring is 1. The first-order chi connectivity index (χ1) is 8.15. The summed E-state index contributed by atoms with van der Waals surface area (Å²) in [5.74, 6) is 0.702. The van der Waals surface area contributed by atoms with Crippen molar-refractivity contribution in [1.29, 1.82) is 0 Å². The summed E-state index contributed by atoms with van der Waals surface area (Å²) in [5.41, 5.74) is 6.52. The average molecular weight is 300 g/mol. The van der Waals surface area contributed by atoms with Crippen LogP contribution < -0.4 is 11.1 Å². The first-order valence-electron chi connectivity index (χ1n) is 5.91. The van der Waals surface area contributed by atoms with Crippen LogP contribution in [0.4, 0.5) is 11.5 Å². The summed E-state index contributed by atoms with van der Waals surface area (Å²) in [4.78, 5) is 4.24. The second-order valence-electron chi connectivity index (χ2n) is 4.81. The monoisotopic (exact) mass is 299 g/mol. The molecule has 1 saturated carbocycles. The van der Waals surface area contributed by atoms with Crippen molar-refractivity contribution in [3.8, 4) is 0 Å². The molecule has 94 valence electrons. The van der Waals surface area contributed by atoms with E-state index < -0.39 is 0 Å². The molecule has 5 heteroatoms. The van der Waals surface area contributed by atoms with Gasteiger partial charge >= 0.3 is 0 Å². The molecule has 17 heavy (non-hydrogen) atoms. The molecule has 4 nitrogen and oxygen atoms in total. The summed E-state index contributed by atoms with van der Waals surface area (Å²) in [6, 6.07) is 1.83. The van der Waals surface area contributed by atoms with Gasteiger partial charge in [0.05, 0.1) is 12.3 Å². The smallest absolute Gasteiger partial charge is 0.149 e. The maximum absolute atomic E-state index is 9.51. The molecular weight excluding hydrogens is 282 g/mol. The molecule has 0 saturated heterocycles. The molecule has 0 unspecified atom stereocenters. The predicted octanol–water partition coefficient (Wildman–Crippen LogP) is 2.39. The number of aliphatic hydroxyl groups is 1. The minimum Gasteiger partial charge on any atom is -0.396 e. The summed E-state index contributed by atoms with van der Waals surface area (Å²) < 4.78 is 0.873. The van der Waals surface area contributed by atoms with E-state index in [0.29, 0.717) is 11.5 Å². The number of pyridine rings is 1. The number of aromatic nitrogens is 1. The van der Waals surface area contributed by atoms with Gasteiger partial charge in [-0.05, 0) is 34.8 Å². The quantitative estimate of drug-likeness (QED) is 0.798. The normalized spacial score (nSPS) is 18.2. The van der Waals surface area contributed by atoms with Gasteiger partial charge in [0, 0.05) is 22.6 Å². The van der Waals surface area contributed by atoms with Crippen LogP contribution in [0.1, 0.15) is 25.7 Å². The molecule has 0 spiro atoms. The fraction of sp³-hybridized carbons (Fsp3) is 0.583. The van der Waals surface area contributed by atoms with E-state index >= 15 is 0 Å². The van der Waals surface area contributed by atoms with Crippen molar-refractivity contribution in [2.45, 2.75) is 25.7 Å². The Morgan fingerprint density at radius 2 is 2.18 bits per heavy atom. The van der Waals surface area contributed by atoms with Crippen LogP contribution in [0.25, 0.3) is 0 Å². The van der Waals surface area contributed by atoms with E-state index in [1.165, 1.54) is 12.8 Å². The van der Waals surface area contributed by atoms with Crippen LogP contribution in [0, 0.1) is 5.41 Å². The Bertz CT molecular complexity index is 391. The highest BCUT2D eigenvalue weighted by Gasteiger charge is 2.33. The Labute approximate surface area is 110 Å². The van der Waals surface area contributed by atoms with Gasteiger partial charge < -0.3 is 16.2 Å². The van der Waals surface area contributed by atoms with Crippen molar-refractivity contribution in [3.63, 3.8) is 0 Å². The molecular formula is C12H18BrN3O. The van der Waals surface area contributed by atoms with Gasteiger partial charge in [-0.25, -0.2) is 4.98 Å². The number of aliphatic hydroxyl groups excluding tert-OH is 1. The average Bonchev–Trinajstić information content (AvgIpc) is 2.77. The zero-order valence-electron chi connectivity index (χ0n) is 9.75. The van der Waals surface area contributed by atoms with Crippen molar-refractivity contribution < 1.29 is 5.11 Å². The number of hydrogen-bond acceptors (Lipinski definition) is 4. The number of hydrogen-bond donors (Lipinski definition) is 3. The lowest BCUT2D eigenvalue weighted by molar-refractivity contribution is 0.142. The zero-order valence-corrected chi connectivity index (χ0v) is 11.3. The first-order valence-corrected chi connectivity index (χ1v) is 6.70. The van der Waals surface area contributed by atoms with Crippen molar-refractivity contribution in [2.75, 3.05) is 24.2 Å². The fourth-order valence-corrected chi connectivity index (χ4v) is 2.74. The van der Waals surface area contributed by atoms with E-state index in [4.69, 9.17) is 5.73 Å². The Hall–Kier alpha value is -0.810. The lowest BCUT2D eigenvalue weighted by atomic mass is 9.87. The molecule has 0 atom stereocenters. The van der Waals surface area contributed by atoms with Gasteiger partial charge in [-0.1, -0.05) is 12.8 Å². The highest BCUT2D eigenvalue weighted by atomic mass is 79.9. The van der Waals surface area contributed by atoms with E-state index in [2.05, 4.69) is 26.2 Å². The summed E-state index contributed by atoms with van der Waals surface area (Å²) in [7, 11) is 0. The third-order valence-corrected chi connectivity index (χ3v) is 3.95. The second-order valence-corrected chi connectivity index (χ2v) is 5.73. The number of nitrogens with two attached hydrogens (primary N) is 1. The molecule has 0 radical (unpaired) electrons. The molecule has 1 aliphatic rings. The SMILES string of the molecule is Nc1cc(Br)cnc1NCC1(CO)CCCC1. The minimum atomic E-state index is 0.0151. The lowest BCUT2D eigenvalue weighted by Gasteiger charge is -2.27. The molecule has 1 heterocycles. The van der Waals surface area contributed by atoms with Gasteiger partial charge in [0.15, 0.2) is 0 Å². The summed E-state index contributed by atoms with van der Waals surface area (Å²) in [5, 5.41) is 12.8. The number of halogens is 1. The third-order valence-electron chi connectivity index (χ3n) is 3.51. The predicted molar refractivity (Wildman–Crippen MR) is 72.8 cm³/mol. The molecule has 4 N–H and O–H groups in total. The summed E-state index contributed by atoms with van der Waals surface area (Å²) in [6.45, 7) is 0.971. The van der Waals surface area contributed by atoms with Gasteiger partial charge in [0.2, 0.25) is 0 Å². The summed E-state index contributed by atoms with van der Waals surface area (Å²) in [6.07, 6.45) is 6.27. The minimum absolute atomic E-state index is 0.0151. The van der Waals surface area contributed by atoms with Crippen molar-refractivity contribution >= 4 is 27.4 Å². The maximum atomic E-state index is 9.51. The summed E-state index contributed by atoms with van der Waals surface area (Å²) >= 11 is 3.33. The topological polar surface area (TPSA) is 71.2 Å². The van der Waals surface area contributed by atoms with Gasteiger partial charge in [0.1, 0.15) is 5.82 Å². The van der Waals surface area contributed by atoms with E-state index in [1.54, 1.807) is 6.20 Å². The van der Waals surface area contributed by atoms with E-state index in [1.807, 2.05) is 6.07 Å². The van der Waals surface area contributed by atoms with Crippen LogP contribution in [0.2, 0.25) is 0 Å². The molecule has 1 aromatic heterocycles. The molecule has 0 aliphatic heterocycles. The first kappa shape index (κ1) is 12.6. The molecule has 0 aromatic carbocycles. The van der Waals surface area contributed by atoms with Gasteiger partial charge in [-0.3, -0.25) is 0 Å². The van der Waals surface area contributed by atoms with E-state index in [9.17, 15) is 5.11 Å². The lowest BCUT2D eigenvalue weighted by Crippen LogP contribution is -2.31. The molecule has 1 aliphatic carbocycles. The van der Waals surface area contributed by atoms with Gasteiger partial charge in [0.25, 0.3) is 0 Å². The number of anilines is 2. The largest absolute Gasteiger partial charge is 0.396 e. The van der Waals surface area contributed by atoms with Crippen LogP contribution in [-0.4, -0.2) is 23.2 Å². The highest BCUT2D eigenvalue weighted by Crippen LogP contribution is 2.37. The molecule has 0 amide bonds. The Morgan fingerprint density at radius 1 is 1.47 bits per heavy atom. The Morgan fingerprint density at radius 3 is 2.76 bits per heavy atom. The van der Waals surface area contributed by atoms with Gasteiger partial charge in [-0.2, -0.15) is 0 Å². The fourth-order valence-electron chi connectivity index (χ4n) is 2.39. The van der Waals surface area contributed by atoms with Crippen LogP contribution in [0.5, 0.6) is 0 Å². The Kier molecular flexibility index (Phi) is 3.89. The van der Waals surface area contributed by atoms with Crippen molar-refractivity contribution in [2.24, 2.45) is 5.41 Å². The molecule has 2 rings (SSSR count).